The van der Waals surface area contributed by atoms with Crippen LogP contribution in [0.2, 0.25) is 5.02 Å². The molecule has 3 aromatic rings. The number of carbonyl (C=O) groups excluding carboxylic acids is 1. The molecule has 2 aromatic heterocycles. The Balaban J connectivity index is 1.66. The van der Waals surface area contributed by atoms with Crippen molar-refractivity contribution in [2.45, 2.75) is 27.3 Å². The normalized spacial score (nSPS) is 10.8. The lowest BCUT2D eigenvalue weighted by atomic mass is 10.2. The van der Waals surface area contributed by atoms with Gasteiger partial charge in [-0.25, -0.2) is 0 Å². The van der Waals surface area contributed by atoms with Crippen LogP contribution in [-0.4, -0.2) is 22.3 Å². The number of aromatic nitrogens is 2. The number of rotatable bonds is 6. The molecule has 2 heterocycles. The second-order valence-corrected chi connectivity index (χ2v) is 7.16. The molecule has 7 heteroatoms. The molecule has 3 rings (SSSR count). The first-order valence-corrected chi connectivity index (χ1v) is 9.54. The van der Waals surface area contributed by atoms with Gasteiger partial charge in [0.25, 0.3) is 5.91 Å². The van der Waals surface area contributed by atoms with Gasteiger partial charge in [-0.05, 0) is 62.0 Å². The van der Waals surface area contributed by atoms with E-state index in [0.29, 0.717) is 23.1 Å². The number of hydrogen-bond acceptors (Lipinski definition) is 4. The van der Waals surface area contributed by atoms with Crippen LogP contribution in [0, 0.1) is 13.8 Å². The van der Waals surface area contributed by atoms with Crippen molar-refractivity contribution in [3.05, 3.63) is 62.6 Å². The number of amides is 1. The third-order valence-corrected chi connectivity index (χ3v) is 5.45. The zero-order valence-electron chi connectivity index (χ0n) is 14.9. The number of ether oxygens (including phenoxy) is 1. The molecule has 0 aliphatic carbocycles. The number of thiophene rings is 1. The van der Waals surface area contributed by atoms with Gasteiger partial charge in [0, 0.05) is 5.69 Å². The summed E-state index contributed by atoms with van der Waals surface area (Å²) < 4.78 is 7.26. The van der Waals surface area contributed by atoms with E-state index in [2.05, 4.69) is 10.4 Å². The molecule has 0 fully saturated rings. The number of anilines is 1. The molecule has 5 nitrogen and oxygen atoms in total. The molecule has 0 atom stereocenters. The summed E-state index contributed by atoms with van der Waals surface area (Å²) in [4.78, 5) is 13.1. The monoisotopic (exact) mass is 389 g/mol. The second kappa shape index (κ2) is 7.93. The predicted octanol–water partition coefficient (Wildman–Crippen LogP) is 4.91. The molecule has 0 bridgehead atoms. The van der Waals surface area contributed by atoms with E-state index in [1.807, 2.05) is 61.2 Å². The van der Waals surface area contributed by atoms with Crippen molar-refractivity contribution in [2.24, 2.45) is 0 Å². The third-order valence-electron chi connectivity index (χ3n) is 3.93. The molecule has 0 radical (unpaired) electrons. The Labute approximate surface area is 161 Å². The van der Waals surface area contributed by atoms with Crippen LogP contribution in [0.3, 0.4) is 0 Å². The summed E-state index contributed by atoms with van der Waals surface area (Å²) in [6.07, 6.45) is 0. The Morgan fingerprint density at radius 1 is 1.31 bits per heavy atom. The topological polar surface area (TPSA) is 56.1 Å². The highest BCUT2D eigenvalue weighted by Gasteiger charge is 2.13. The summed E-state index contributed by atoms with van der Waals surface area (Å²) in [7, 11) is 0. The van der Waals surface area contributed by atoms with Gasteiger partial charge in [-0.2, -0.15) is 5.10 Å². The van der Waals surface area contributed by atoms with Crippen LogP contribution >= 0.6 is 22.9 Å². The minimum absolute atomic E-state index is 0.128. The van der Waals surface area contributed by atoms with Crippen molar-refractivity contribution in [1.29, 1.82) is 0 Å². The summed E-state index contributed by atoms with van der Waals surface area (Å²) in [6.45, 7) is 6.96. The molecule has 0 aliphatic rings. The minimum atomic E-state index is -0.128. The zero-order chi connectivity index (χ0) is 18.7. The number of aryl methyl sites for hydroxylation is 1. The highest BCUT2D eigenvalue weighted by atomic mass is 35.5. The van der Waals surface area contributed by atoms with Crippen LogP contribution in [0.5, 0.6) is 5.75 Å². The lowest BCUT2D eigenvalue weighted by molar-refractivity contribution is 0.103. The molecule has 0 saturated heterocycles. The van der Waals surface area contributed by atoms with Crippen molar-refractivity contribution < 1.29 is 9.53 Å². The van der Waals surface area contributed by atoms with Gasteiger partial charge < -0.3 is 10.1 Å². The van der Waals surface area contributed by atoms with Crippen LogP contribution < -0.4 is 10.1 Å². The van der Waals surface area contributed by atoms with Gasteiger partial charge >= 0.3 is 0 Å². The first kappa shape index (κ1) is 18.5. The molecule has 0 saturated carbocycles. The lowest BCUT2D eigenvalue weighted by Gasteiger charge is -2.06. The molecule has 0 unspecified atom stereocenters. The molecule has 1 N–H and O–H groups in total. The molecule has 26 heavy (non-hydrogen) atoms. The van der Waals surface area contributed by atoms with E-state index in [4.69, 9.17) is 16.3 Å². The number of hydrogen-bond donors (Lipinski definition) is 1. The zero-order valence-corrected chi connectivity index (χ0v) is 16.4. The smallest absolute Gasteiger partial charge is 0.265 e. The number of nitrogens with zero attached hydrogens (tertiary/aromatic N) is 2. The van der Waals surface area contributed by atoms with Gasteiger partial charge in [0.2, 0.25) is 0 Å². The van der Waals surface area contributed by atoms with E-state index in [1.54, 1.807) is 0 Å². The first-order chi connectivity index (χ1) is 12.5. The number of halogens is 1. The maximum Gasteiger partial charge on any atom is 0.265 e. The lowest BCUT2D eigenvalue weighted by Crippen LogP contribution is -2.10. The van der Waals surface area contributed by atoms with Crippen molar-refractivity contribution in [2.75, 3.05) is 11.9 Å². The van der Waals surface area contributed by atoms with Gasteiger partial charge in [-0.15, -0.1) is 11.3 Å². The molecule has 1 amide bonds. The Bertz CT molecular complexity index is 916. The number of carbonyl (C=O) groups is 1. The first-order valence-electron chi connectivity index (χ1n) is 8.29. The third kappa shape index (κ3) is 4.08. The fraction of sp³-hybridized carbons (Fsp3) is 0.263. The summed E-state index contributed by atoms with van der Waals surface area (Å²) >= 11 is 7.60. The average Bonchev–Trinajstić information content (AvgIpc) is 3.18. The predicted molar refractivity (Wildman–Crippen MR) is 106 cm³/mol. The van der Waals surface area contributed by atoms with Gasteiger partial charge in [0.1, 0.15) is 5.75 Å². The van der Waals surface area contributed by atoms with Gasteiger partial charge in [-0.3, -0.25) is 9.48 Å². The second-order valence-electron chi connectivity index (χ2n) is 5.87. The van der Waals surface area contributed by atoms with Crippen LogP contribution in [0.1, 0.15) is 33.5 Å². The molecule has 0 aliphatic heterocycles. The highest BCUT2D eigenvalue weighted by Crippen LogP contribution is 2.23. The van der Waals surface area contributed by atoms with Crippen molar-refractivity contribution in [1.82, 2.24) is 9.78 Å². The molecular formula is C19H20ClN3O2S. The maximum absolute atomic E-state index is 12.4. The largest absolute Gasteiger partial charge is 0.494 e. The summed E-state index contributed by atoms with van der Waals surface area (Å²) in [6, 6.07) is 9.22. The Morgan fingerprint density at radius 2 is 2.04 bits per heavy atom. The van der Waals surface area contributed by atoms with E-state index in [9.17, 15) is 4.79 Å². The van der Waals surface area contributed by atoms with Gasteiger partial charge in [-0.1, -0.05) is 11.6 Å². The van der Waals surface area contributed by atoms with Gasteiger partial charge in [0.05, 0.1) is 34.4 Å². The Hall–Kier alpha value is -2.31. The van der Waals surface area contributed by atoms with Crippen molar-refractivity contribution in [3.8, 4) is 5.75 Å². The summed E-state index contributed by atoms with van der Waals surface area (Å²) in [5.41, 5.74) is 3.50. The van der Waals surface area contributed by atoms with E-state index in [-0.39, 0.29) is 5.91 Å². The van der Waals surface area contributed by atoms with E-state index in [0.717, 1.165) is 28.4 Å². The molecular weight excluding hydrogens is 370 g/mol. The Kier molecular flexibility index (Phi) is 5.64. The SMILES string of the molecule is CCOc1ccc(NC(=O)c2cc(Cn3nc(C)c(Cl)c3C)cs2)cc1. The number of nitrogens with one attached hydrogen (secondary N) is 1. The molecule has 1 aromatic carbocycles. The minimum Gasteiger partial charge on any atom is -0.494 e. The fourth-order valence-corrected chi connectivity index (χ4v) is 3.51. The summed E-state index contributed by atoms with van der Waals surface area (Å²) in [5, 5.41) is 9.99. The quantitative estimate of drug-likeness (QED) is 0.651. The van der Waals surface area contributed by atoms with Gasteiger partial charge in [0.15, 0.2) is 0 Å². The number of benzene rings is 1. The average molecular weight is 390 g/mol. The van der Waals surface area contributed by atoms with Crippen LogP contribution in [0.4, 0.5) is 5.69 Å². The van der Waals surface area contributed by atoms with Crippen LogP contribution in [0.25, 0.3) is 0 Å². The Morgan fingerprint density at radius 3 is 2.65 bits per heavy atom. The standard InChI is InChI=1S/C19H20ClN3O2S/c1-4-25-16-7-5-15(6-8-16)21-19(24)17-9-14(11-26-17)10-23-13(3)18(20)12(2)22-23/h5-9,11H,4,10H2,1-3H3,(H,21,24). The molecule has 136 valence electrons. The van der Waals surface area contributed by atoms with E-state index in [1.165, 1.54) is 11.3 Å². The van der Waals surface area contributed by atoms with Crippen molar-refractivity contribution >= 4 is 34.5 Å². The van der Waals surface area contributed by atoms with E-state index >= 15 is 0 Å². The molecule has 0 spiro atoms. The maximum atomic E-state index is 12.4. The van der Waals surface area contributed by atoms with Crippen molar-refractivity contribution in [3.63, 3.8) is 0 Å². The van der Waals surface area contributed by atoms with Crippen LogP contribution in [-0.2, 0) is 6.54 Å². The van der Waals surface area contributed by atoms with Crippen LogP contribution in [0.15, 0.2) is 35.7 Å². The summed E-state index contributed by atoms with van der Waals surface area (Å²) in [5.74, 6) is 0.657. The fourth-order valence-electron chi connectivity index (χ4n) is 2.57. The highest BCUT2D eigenvalue weighted by molar-refractivity contribution is 7.12. The van der Waals surface area contributed by atoms with E-state index < -0.39 is 0 Å².